The highest BCUT2D eigenvalue weighted by atomic mass is 16.5. The molecule has 14 heavy (non-hydrogen) atoms. The normalized spacial score (nSPS) is 20.6. The lowest BCUT2D eigenvalue weighted by Gasteiger charge is -2.11. The molecule has 0 amide bonds. The smallest absolute Gasteiger partial charge is 0.164 e. The minimum absolute atomic E-state index is 0.198. The lowest BCUT2D eigenvalue weighted by molar-refractivity contribution is 0.290. The molecule has 1 aliphatic rings. The molecule has 3 nitrogen and oxygen atoms in total. The Labute approximate surface area is 83.8 Å². The van der Waals surface area contributed by atoms with Gasteiger partial charge in [-0.3, -0.25) is 0 Å². The number of benzene rings is 1. The second kappa shape index (κ2) is 3.88. The van der Waals surface area contributed by atoms with Gasteiger partial charge in [-0.2, -0.15) is 0 Å². The van der Waals surface area contributed by atoms with Crippen LogP contribution in [0.2, 0.25) is 0 Å². The summed E-state index contributed by atoms with van der Waals surface area (Å²) < 4.78 is 10.9. The summed E-state index contributed by atoms with van der Waals surface area (Å²) in [4.78, 5) is 0. The molecule has 1 aliphatic heterocycles. The first-order valence-electron chi connectivity index (χ1n) is 4.85. The fourth-order valence-corrected chi connectivity index (χ4v) is 1.74. The van der Waals surface area contributed by atoms with Gasteiger partial charge in [0, 0.05) is 6.04 Å². The topological polar surface area (TPSA) is 44.5 Å². The summed E-state index contributed by atoms with van der Waals surface area (Å²) >= 11 is 0. The van der Waals surface area contributed by atoms with Gasteiger partial charge in [-0.15, -0.1) is 0 Å². The van der Waals surface area contributed by atoms with E-state index < -0.39 is 0 Å². The third-order valence-electron chi connectivity index (χ3n) is 2.50. The average Bonchev–Trinajstić information content (AvgIpc) is 2.37. The third-order valence-corrected chi connectivity index (χ3v) is 2.50. The minimum Gasteiger partial charge on any atom is -0.493 e. The number of nitrogens with two attached hydrogens (primary N) is 1. The average molecular weight is 193 g/mol. The molecule has 2 N–H and O–H groups in total. The van der Waals surface area contributed by atoms with Crippen LogP contribution < -0.4 is 15.2 Å². The molecular formula is C11H15NO2. The van der Waals surface area contributed by atoms with E-state index in [1.54, 1.807) is 7.11 Å². The van der Waals surface area contributed by atoms with Crippen molar-refractivity contribution < 1.29 is 9.47 Å². The molecule has 0 radical (unpaired) electrons. The van der Waals surface area contributed by atoms with Crippen molar-refractivity contribution in [2.24, 2.45) is 5.73 Å². The first-order chi connectivity index (χ1) is 6.81. The highest BCUT2D eigenvalue weighted by Crippen LogP contribution is 2.33. The maximum absolute atomic E-state index is 5.92. The van der Waals surface area contributed by atoms with Gasteiger partial charge in [0.2, 0.25) is 0 Å². The van der Waals surface area contributed by atoms with Crippen molar-refractivity contribution in [2.45, 2.75) is 18.9 Å². The van der Waals surface area contributed by atoms with Crippen LogP contribution in [0.25, 0.3) is 0 Å². The number of hydrogen-bond acceptors (Lipinski definition) is 3. The van der Waals surface area contributed by atoms with Crippen molar-refractivity contribution >= 4 is 0 Å². The Hall–Kier alpha value is -1.22. The molecule has 2 rings (SSSR count). The van der Waals surface area contributed by atoms with Gasteiger partial charge in [0.1, 0.15) is 0 Å². The van der Waals surface area contributed by atoms with Crippen LogP contribution in [0.5, 0.6) is 11.5 Å². The third kappa shape index (κ3) is 1.68. The van der Waals surface area contributed by atoms with Crippen molar-refractivity contribution in [3.63, 3.8) is 0 Å². The van der Waals surface area contributed by atoms with Gasteiger partial charge < -0.3 is 15.2 Å². The quantitative estimate of drug-likeness (QED) is 0.732. The summed E-state index contributed by atoms with van der Waals surface area (Å²) in [6.07, 6.45) is 1.77. The van der Waals surface area contributed by atoms with Gasteiger partial charge in [0.15, 0.2) is 11.5 Å². The molecule has 3 heteroatoms. The van der Waals surface area contributed by atoms with Crippen molar-refractivity contribution in [3.05, 3.63) is 23.8 Å². The first-order valence-corrected chi connectivity index (χ1v) is 4.85. The summed E-state index contributed by atoms with van der Waals surface area (Å²) in [5.41, 5.74) is 7.07. The fraction of sp³-hybridized carbons (Fsp3) is 0.455. The molecule has 0 aliphatic carbocycles. The maximum atomic E-state index is 5.92. The van der Waals surface area contributed by atoms with E-state index in [9.17, 15) is 0 Å². The predicted molar refractivity (Wildman–Crippen MR) is 54.8 cm³/mol. The molecule has 1 atom stereocenters. The van der Waals surface area contributed by atoms with Gasteiger partial charge in [-0.1, -0.05) is 12.1 Å². The van der Waals surface area contributed by atoms with E-state index in [1.165, 1.54) is 0 Å². The van der Waals surface area contributed by atoms with Gasteiger partial charge in [-0.25, -0.2) is 0 Å². The summed E-state index contributed by atoms with van der Waals surface area (Å²) in [7, 11) is 1.66. The van der Waals surface area contributed by atoms with Crippen LogP contribution in [0.3, 0.4) is 0 Å². The van der Waals surface area contributed by atoms with Crippen molar-refractivity contribution in [3.8, 4) is 11.5 Å². The molecule has 1 aromatic carbocycles. The second-order valence-corrected chi connectivity index (χ2v) is 3.55. The first kappa shape index (κ1) is 9.34. The molecule has 0 saturated carbocycles. The summed E-state index contributed by atoms with van der Waals surface area (Å²) in [5, 5.41) is 0. The molecule has 0 spiro atoms. The van der Waals surface area contributed by atoms with Crippen LogP contribution >= 0.6 is 0 Å². The van der Waals surface area contributed by atoms with E-state index in [4.69, 9.17) is 15.2 Å². The van der Waals surface area contributed by atoms with E-state index in [2.05, 4.69) is 0 Å². The number of ether oxygens (including phenoxy) is 2. The van der Waals surface area contributed by atoms with Gasteiger partial charge in [-0.05, 0) is 24.5 Å². The molecule has 0 saturated heterocycles. The van der Waals surface area contributed by atoms with Crippen molar-refractivity contribution in [2.75, 3.05) is 13.7 Å². The molecule has 1 unspecified atom stereocenters. The number of hydrogen-bond donors (Lipinski definition) is 1. The summed E-state index contributed by atoms with van der Waals surface area (Å²) in [6, 6.07) is 6.13. The standard InChI is InChI=1S/C11H15NO2/c1-13-10-4-2-3-8-7-9(12)5-6-14-11(8)10/h2-4,9H,5-7,12H2,1H3. The zero-order valence-corrected chi connectivity index (χ0v) is 8.32. The monoisotopic (exact) mass is 193 g/mol. The fourth-order valence-electron chi connectivity index (χ4n) is 1.74. The Morgan fingerprint density at radius 2 is 2.36 bits per heavy atom. The van der Waals surface area contributed by atoms with E-state index >= 15 is 0 Å². The number of methoxy groups -OCH3 is 1. The molecule has 0 bridgehead atoms. The van der Waals surface area contributed by atoms with E-state index in [0.717, 1.165) is 29.9 Å². The van der Waals surface area contributed by atoms with Crippen LogP contribution in [-0.2, 0) is 6.42 Å². The van der Waals surface area contributed by atoms with E-state index in [1.807, 2.05) is 18.2 Å². The number of fused-ring (bicyclic) bond motifs is 1. The second-order valence-electron chi connectivity index (χ2n) is 3.55. The van der Waals surface area contributed by atoms with Gasteiger partial charge >= 0.3 is 0 Å². The minimum atomic E-state index is 0.198. The Morgan fingerprint density at radius 3 is 3.14 bits per heavy atom. The van der Waals surface area contributed by atoms with Crippen LogP contribution in [0.1, 0.15) is 12.0 Å². The summed E-state index contributed by atoms with van der Waals surface area (Å²) in [6.45, 7) is 0.675. The Morgan fingerprint density at radius 1 is 1.50 bits per heavy atom. The summed E-state index contributed by atoms with van der Waals surface area (Å²) in [5.74, 6) is 1.67. The molecule has 0 fully saturated rings. The SMILES string of the molecule is COc1cccc2c1OCCC(N)C2. The number of rotatable bonds is 1. The van der Waals surface area contributed by atoms with Gasteiger partial charge in [0.25, 0.3) is 0 Å². The lowest BCUT2D eigenvalue weighted by Crippen LogP contribution is -2.22. The Bertz CT molecular complexity index is 325. The highest BCUT2D eigenvalue weighted by molar-refractivity contribution is 5.47. The van der Waals surface area contributed by atoms with Crippen LogP contribution in [0.4, 0.5) is 0 Å². The molecule has 76 valence electrons. The number of para-hydroxylation sites is 1. The Balaban J connectivity index is 2.38. The molecule has 0 aromatic heterocycles. The molecule has 1 aromatic rings. The van der Waals surface area contributed by atoms with Crippen LogP contribution in [0, 0.1) is 0 Å². The largest absolute Gasteiger partial charge is 0.493 e. The predicted octanol–water partition coefficient (Wildman–Crippen LogP) is 1.35. The van der Waals surface area contributed by atoms with E-state index in [0.29, 0.717) is 6.61 Å². The Kier molecular flexibility index (Phi) is 2.59. The molecular weight excluding hydrogens is 178 g/mol. The van der Waals surface area contributed by atoms with Gasteiger partial charge in [0.05, 0.1) is 13.7 Å². The zero-order chi connectivity index (χ0) is 9.97. The van der Waals surface area contributed by atoms with Crippen molar-refractivity contribution in [1.82, 2.24) is 0 Å². The van der Waals surface area contributed by atoms with Crippen LogP contribution in [0.15, 0.2) is 18.2 Å². The van der Waals surface area contributed by atoms with E-state index in [-0.39, 0.29) is 6.04 Å². The van der Waals surface area contributed by atoms with Crippen LogP contribution in [-0.4, -0.2) is 19.8 Å². The lowest BCUT2D eigenvalue weighted by atomic mass is 10.0. The zero-order valence-electron chi connectivity index (χ0n) is 8.32. The maximum Gasteiger partial charge on any atom is 0.164 e. The highest BCUT2D eigenvalue weighted by Gasteiger charge is 2.17. The van der Waals surface area contributed by atoms with Crippen molar-refractivity contribution in [1.29, 1.82) is 0 Å². The molecule has 1 heterocycles.